The van der Waals surface area contributed by atoms with E-state index in [1.807, 2.05) is 12.1 Å². The van der Waals surface area contributed by atoms with Crippen LogP contribution in [0, 0.1) is 12.7 Å². The van der Waals surface area contributed by atoms with E-state index in [0.717, 1.165) is 10.5 Å². The molecule has 0 atom stereocenters. The molecule has 31 heavy (non-hydrogen) atoms. The van der Waals surface area contributed by atoms with Crippen molar-refractivity contribution in [2.75, 3.05) is 4.90 Å². The van der Waals surface area contributed by atoms with Crippen LogP contribution >= 0.6 is 0 Å². The zero-order valence-electron chi connectivity index (χ0n) is 17.3. The number of aryl methyl sites for hydroxylation is 1. The van der Waals surface area contributed by atoms with E-state index in [4.69, 9.17) is 0 Å². The second-order valence-corrected chi connectivity index (χ2v) is 7.89. The maximum Gasteiger partial charge on any atom is 0.267 e. The molecule has 0 radical (unpaired) electrons. The number of anilines is 1. The van der Waals surface area contributed by atoms with E-state index < -0.39 is 17.6 Å². The van der Waals surface area contributed by atoms with Crippen molar-refractivity contribution in [3.63, 3.8) is 0 Å². The van der Waals surface area contributed by atoms with Crippen molar-refractivity contribution in [1.29, 1.82) is 0 Å². The van der Waals surface area contributed by atoms with Crippen LogP contribution in [0.25, 0.3) is 16.7 Å². The van der Waals surface area contributed by atoms with E-state index in [1.54, 1.807) is 37.3 Å². The summed E-state index contributed by atoms with van der Waals surface area (Å²) in [4.78, 5) is 32.0. The largest absolute Gasteiger partial charge is 0.268 e. The smallest absolute Gasteiger partial charge is 0.267 e. The first kappa shape index (κ1) is 19.1. The Balaban J connectivity index is 1.67. The van der Waals surface area contributed by atoms with E-state index in [-0.39, 0.29) is 16.8 Å². The second kappa shape index (κ2) is 6.84. The summed E-state index contributed by atoms with van der Waals surface area (Å²) in [5.41, 5.74) is 3.16. The summed E-state index contributed by atoms with van der Waals surface area (Å²) in [5, 5.41) is 4.88. The molecule has 4 aromatic rings. The number of hydrogen-bond donors (Lipinski definition) is 0. The first-order valence-electron chi connectivity index (χ1n) is 10.0. The molecule has 0 saturated heterocycles. The Bertz CT molecular complexity index is 1370. The lowest BCUT2D eigenvalue weighted by atomic mass is 10.0. The van der Waals surface area contributed by atoms with Gasteiger partial charge in [-0.1, -0.05) is 38.1 Å². The first-order valence-corrected chi connectivity index (χ1v) is 10.0. The van der Waals surface area contributed by atoms with Gasteiger partial charge in [0.25, 0.3) is 11.8 Å². The average molecular weight is 414 g/mol. The number of halogens is 1. The van der Waals surface area contributed by atoms with Crippen LogP contribution in [-0.2, 0) is 0 Å². The van der Waals surface area contributed by atoms with Gasteiger partial charge in [0.2, 0.25) is 0 Å². The van der Waals surface area contributed by atoms with Gasteiger partial charge >= 0.3 is 0 Å². The van der Waals surface area contributed by atoms with Crippen molar-refractivity contribution >= 4 is 28.5 Å². The molecular formula is C24H19FN4O2. The summed E-state index contributed by atoms with van der Waals surface area (Å²) >= 11 is 0. The Kier molecular flexibility index (Phi) is 4.22. The van der Waals surface area contributed by atoms with Gasteiger partial charge in [-0.05, 0) is 42.7 Å². The summed E-state index contributed by atoms with van der Waals surface area (Å²) in [6.45, 7) is 5.88. The Hall–Kier alpha value is -3.87. The van der Waals surface area contributed by atoms with Crippen molar-refractivity contribution in [2.24, 2.45) is 0 Å². The molecule has 0 aliphatic carbocycles. The van der Waals surface area contributed by atoms with E-state index in [0.29, 0.717) is 28.3 Å². The number of para-hydroxylation sites is 1. The monoisotopic (exact) mass is 414 g/mol. The lowest BCUT2D eigenvalue weighted by molar-refractivity contribution is 0.0926. The van der Waals surface area contributed by atoms with Gasteiger partial charge in [0.15, 0.2) is 5.65 Å². The van der Waals surface area contributed by atoms with Gasteiger partial charge in [0.05, 0.1) is 27.9 Å². The van der Waals surface area contributed by atoms with Crippen molar-refractivity contribution in [2.45, 2.75) is 26.7 Å². The zero-order valence-corrected chi connectivity index (χ0v) is 17.3. The van der Waals surface area contributed by atoms with Crippen LogP contribution in [0.1, 0.15) is 51.7 Å². The topological polar surface area (TPSA) is 68.1 Å². The third-order valence-electron chi connectivity index (χ3n) is 5.62. The standard InChI is InChI=1S/C24H19FN4O2/c1-13(2)15-8-10-16(11-9-15)28-23(30)17-12-26-22-20(21(17)24(28)31)14(3)27-29(22)19-7-5-4-6-18(19)25/h4-13H,1-3H3. The minimum atomic E-state index is -0.455. The van der Waals surface area contributed by atoms with E-state index >= 15 is 0 Å². The summed E-state index contributed by atoms with van der Waals surface area (Å²) < 4.78 is 15.8. The van der Waals surface area contributed by atoms with Gasteiger partial charge in [-0.15, -0.1) is 0 Å². The highest BCUT2D eigenvalue weighted by Gasteiger charge is 2.40. The zero-order chi connectivity index (χ0) is 21.9. The molecule has 3 heterocycles. The number of hydrogen-bond acceptors (Lipinski definition) is 4. The molecular weight excluding hydrogens is 395 g/mol. The molecule has 0 spiro atoms. The number of carbonyl (C=O) groups is 2. The van der Waals surface area contributed by atoms with Gasteiger partial charge in [0.1, 0.15) is 11.5 Å². The highest BCUT2D eigenvalue weighted by atomic mass is 19.1. The minimum Gasteiger partial charge on any atom is -0.268 e. The maximum atomic E-state index is 14.4. The molecule has 2 amide bonds. The lowest BCUT2D eigenvalue weighted by Crippen LogP contribution is -2.29. The Morgan fingerprint density at radius 3 is 2.35 bits per heavy atom. The number of rotatable bonds is 3. The van der Waals surface area contributed by atoms with Crippen LogP contribution in [0.4, 0.5) is 10.1 Å². The SMILES string of the molecule is Cc1nn(-c2ccccc2F)c2ncc3c(c12)C(=O)N(c1ccc(C(C)C)cc1)C3=O. The van der Waals surface area contributed by atoms with Crippen LogP contribution in [0.3, 0.4) is 0 Å². The summed E-state index contributed by atoms with van der Waals surface area (Å²) in [6.07, 6.45) is 1.37. The normalized spacial score (nSPS) is 13.5. The number of fused-ring (bicyclic) bond motifs is 3. The fourth-order valence-corrected chi connectivity index (χ4v) is 3.99. The molecule has 2 aromatic carbocycles. The fourth-order valence-electron chi connectivity index (χ4n) is 3.99. The molecule has 1 aliphatic rings. The molecule has 0 unspecified atom stereocenters. The van der Waals surface area contributed by atoms with Crippen molar-refractivity contribution in [3.05, 3.63) is 82.9 Å². The fraction of sp³-hybridized carbons (Fsp3) is 0.167. The summed E-state index contributed by atoms with van der Waals surface area (Å²) in [5.74, 6) is -0.971. The Morgan fingerprint density at radius 2 is 1.68 bits per heavy atom. The molecule has 6 nitrogen and oxygen atoms in total. The molecule has 0 saturated carbocycles. The van der Waals surface area contributed by atoms with Crippen LogP contribution in [0.5, 0.6) is 0 Å². The van der Waals surface area contributed by atoms with Gasteiger partial charge < -0.3 is 0 Å². The average Bonchev–Trinajstić information content (AvgIpc) is 3.22. The van der Waals surface area contributed by atoms with E-state index in [2.05, 4.69) is 23.9 Å². The third-order valence-corrected chi connectivity index (χ3v) is 5.62. The van der Waals surface area contributed by atoms with Crippen LogP contribution in [0.2, 0.25) is 0 Å². The van der Waals surface area contributed by atoms with E-state index in [9.17, 15) is 14.0 Å². The molecule has 5 rings (SSSR count). The highest BCUT2D eigenvalue weighted by molar-refractivity contribution is 6.37. The van der Waals surface area contributed by atoms with Gasteiger partial charge in [-0.2, -0.15) is 5.10 Å². The number of benzene rings is 2. The summed E-state index contributed by atoms with van der Waals surface area (Å²) in [7, 11) is 0. The number of carbonyl (C=O) groups excluding carboxylic acids is 2. The van der Waals surface area contributed by atoms with Crippen molar-refractivity contribution in [3.8, 4) is 5.69 Å². The van der Waals surface area contributed by atoms with E-state index in [1.165, 1.54) is 16.9 Å². The number of amides is 2. The van der Waals surface area contributed by atoms with Crippen LogP contribution in [0.15, 0.2) is 54.7 Å². The van der Waals surface area contributed by atoms with Crippen LogP contribution < -0.4 is 4.90 Å². The minimum absolute atomic E-state index is 0.224. The first-order chi connectivity index (χ1) is 14.9. The van der Waals surface area contributed by atoms with Crippen molar-refractivity contribution < 1.29 is 14.0 Å². The number of nitrogens with zero attached hydrogens (tertiary/aromatic N) is 4. The molecule has 0 fully saturated rings. The lowest BCUT2D eigenvalue weighted by Gasteiger charge is -2.15. The number of aromatic nitrogens is 3. The number of imide groups is 1. The highest BCUT2D eigenvalue weighted by Crippen LogP contribution is 2.35. The predicted molar refractivity (Wildman–Crippen MR) is 115 cm³/mol. The molecule has 0 bridgehead atoms. The predicted octanol–water partition coefficient (Wildman–Crippen LogP) is 4.79. The Labute approximate surface area is 177 Å². The maximum absolute atomic E-state index is 14.4. The van der Waals surface area contributed by atoms with Gasteiger partial charge in [-0.25, -0.2) is 19.0 Å². The quantitative estimate of drug-likeness (QED) is 0.452. The molecule has 1 aliphatic heterocycles. The molecule has 2 aromatic heterocycles. The van der Waals surface area contributed by atoms with Crippen LogP contribution in [-0.4, -0.2) is 26.6 Å². The molecule has 154 valence electrons. The summed E-state index contributed by atoms with van der Waals surface area (Å²) in [6, 6.07) is 13.6. The third kappa shape index (κ3) is 2.77. The Morgan fingerprint density at radius 1 is 0.968 bits per heavy atom. The molecule has 0 N–H and O–H groups in total. The molecule has 7 heteroatoms. The van der Waals surface area contributed by atoms with Crippen molar-refractivity contribution in [1.82, 2.24) is 14.8 Å². The number of pyridine rings is 1. The van der Waals surface area contributed by atoms with Gasteiger partial charge in [0, 0.05) is 6.20 Å². The van der Waals surface area contributed by atoms with Gasteiger partial charge in [-0.3, -0.25) is 9.59 Å². The second-order valence-electron chi connectivity index (χ2n) is 7.89.